The molecule has 1 aromatic rings. The zero-order chi connectivity index (χ0) is 18.1. The first-order valence-corrected chi connectivity index (χ1v) is 7.72. The van der Waals surface area contributed by atoms with Crippen molar-refractivity contribution in [2.75, 3.05) is 13.7 Å². The molecule has 3 N–H and O–H groups in total. The van der Waals surface area contributed by atoms with Crippen LogP contribution in [0.3, 0.4) is 0 Å². The fraction of sp³-hybridized carbons (Fsp3) is 0.471. The molecule has 2 amide bonds. The fourth-order valence-electron chi connectivity index (χ4n) is 2.22. The van der Waals surface area contributed by atoms with Crippen LogP contribution in [0.4, 0.5) is 0 Å². The summed E-state index contributed by atoms with van der Waals surface area (Å²) < 4.78 is 5.16. The molecule has 0 bridgehead atoms. The summed E-state index contributed by atoms with van der Waals surface area (Å²) in [6.45, 7) is 3.42. The molecule has 0 fully saturated rings. The number of hydrogen-bond acceptors (Lipinski definition) is 4. The summed E-state index contributed by atoms with van der Waals surface area (Å²) in [6, 6.07) is 7.91. The number of benzene rings is 1. The summed E-state index contributed by atoms with van der Waals surface area (Å²) in [5.41, 5.74) is 0.668. The normalized spacial score (nSPS) is 13.2. The second kappa shape index (κ2) is 9.67. The predicted molar refractivity (Wildman–Crippen MR) is 88.2 cm³/mol. The molecule has 0 heterocycles. The molecule has 24 heavy (non-hydrogen) atoms. The van der Waals surface area contributed by atoms with Gasteiger partial charge < -0.3 is 20.5 Å². The molecule has 0 saturated carbocycles. The molecule has 1 aromatic carbocycles. The quantitative estimate of drug-likeness (QED) is 0.626. The Morgan fingerprint density at radius 1 is 1.17 bits per heavy atom. The smallest absolute Gasteiger partial charge is 0.326 e. The molecule has 7 heteroatoms. The van der Waals surface area contributed by atoms with Crippen LogP contribution in [-0.2, 0) is 19.1 Å². The molecule has 0 aliphatic rings. The number of methoxy groups -OCH3 is 1. The first-order valence-electron chi connectivity index (χ1n) is 7.72. The number of nitrogens with one attached hydrogen (secondary N) is 2. The standard InChI is InChI=1S/C17H24N2O5/c1-11(2)9-13(17(22)23)19-14(20)10-18-16(21)15(24-3)12-7-5-4-6-8-12/h4-8,11,13,15H,9-10H2,1-3H3,(H,18,21)(H,19,20)(H,22,23)/t13-,15+/m0/s1. The minimum atomic E-state index is -1.09. The molecule has 0 saturated heterocycles. The number of rotatable bonds is 9. The SMILES string of the molecule is CO[C@@H](C(=O)NCC(=O)N[C@@H](CC(C)C)C(=O)O)c1ccccc1. The molecule has 0 spiro atoms. The van der Waals surface area contributed by atoms with Crippen LogP contribution in [0.1, 0.15) is 31.9 Å². The van der Waals surface area contributed by atoms with Gasteiger partial charge in [-0.05, 0) is 17.9 Å². The van der Waals surface area contributed by atoms with E-state index in [4.69, 9.17) is 9.84 Å². The van der Waals surface area contributed by atoms with Crippen molar-refractivity contribution >= 4 is 17.8 Å². The van der Waals surface area contributed by atoms with E-state index in [-0.39, 0.29) is 12.5 Å². The van der Waals surface area contributed by atoms with E-state index in [1.807, 2.05) is 19.9 Å². The third-order valence-corrected chi connectivity index (χ3v) is 3.34. The van der Waals surface area contributed by atoms with Gasteiger partial charge in [0.1, 0.15) is 6.04 Å². The zero-order valence-corrected chi connectivity index (χ0v) is 14.1. The molecule has 1 rings (SSSR count). The monoisotopic (exact) mass is 336 g/mol. The van der Waals surface area contributed by atoms with Crippen molar-refractivity contribution < 1.29 is 24.2 Å². The maximum Gasteiger partial charge on any atom is 0.326 e. The Kier molecular flexibility index (Phi) is 7.91. The van der Waals surface area contributed by atoms with Gasteiger partial charge in [-0.15, -0.1) is 0 Å². The Labute approximate surface area is 141 Å². The highest BCUT2D eigenvalue weighted by Crippen LogP contribution is 2.15. The van der Waals surface area contributed by atoms with Crippen molar-refractivity contribution in [1.29, 1.82) is 0 Å². The maximum absolute atomic E-state index is 12.1. The first kappa shape index (κ1) is 19.6. The van der Waals surface area contributed by atoms with Crippen molar-refractivity contribution in [1.82, 2.24) is 10.6 Å². The summed E-state index contributed by atoms with van der Waals surface area (Å²) in [5.74, 6) is -1.99. The summed E-state index contributed by atoms with van der Waals surface area (Å²) in [6.07, 6.45) is -0.510. The van der Waals surface area contributed by atoms with Crippen molar-refractivity contribution in [3.8, 4) is 0 Å². The van der Waals surface area contributed by atoms with E-state index >= 15 is 0 Å². The van der Waals surface area contributed by atoms with Crippen molar-refractivity contribution in [2.45, 2.75) is 32.4 Å². The second-order valence-electron chi connectivity index (χ2n) is 5.83. The molecule has 2 atom stereocenters. The Morgan fingerprint density at radius 3 is 2.29 bits per heavy atom. The Morgan fingerprint density at radius 2 is 1.79 bits per heavy atom. The van der Waals surface area contributed by atoms with Gasteiger partial charge >= 0.3 is 5.97 Å². The highest BCUT2D eigenvalue weighted by molar-refractivity contribution is 5.89. The van der Waals surface area contributed by atoms with Gasteiger partial charge in [-0.1, -0.05) is 44.2 Å². The lowest BCUT2D eigenvalue weighted by Crippen LogP contribution is -2.46. The third kappa shape index (κ3) is 6.37. The van der Waals surface area contributed by atoms with Crippen LogP contribution in [0.25, 0.3) is 0 Å². The van der Waals surface area contributed by atoms with Crippen molar-refractivity contribution in [2.24, 2.45) is 5.92 Å². The summed E-state index contributed by atoms with van der Waals surface area (Å²) in [4.78, 5) is 35.1. The van der Waals surface area contributed by atoms with Gasteiger partial charge in [0.2, 0.25) is 5.91 Å². The highest BCUT2D eigenvalue weighted by Gasteiger charge is 2.23. The zero-order valence-electron chi connectivity index (χ0n) is 14.1. The molecular weight excluding hydrogens is 312 g/mol. The number of hydrogen-bond donors (Lipinski definition) is 3. The number of ether oxygens (including phenoxy) is 1. The lowest BCUT2D eigenvalue weighted by molar-refractivity contribution is -0.142. The van der Waals surface area contributed by atoms with E-state index in [2.05, 4.69) is 10.6 Å². The molecule has 0 aliphatic heterocycles. The van der Waals surface area contributed by atoms with Gasteiger partial charge in [-0.2, -0.15) is 0 Å². The van der Waals surface area contributed by atoms with E-state index in [1.54, 1.807) is 24.3 Å². The van der Waals surface area contributed by atoms with E-state index in [0.717, 1.165) is 0 Å². The number of carboxylic acids is 1. The molecule has 0 unspecified atom stereocenters. The molecule has 0 radical (unpaired) electrons. The number of carbonyl (C=O) groups is 3. The molecule has 132 valence electrons. The van der Waals surface area contributed by atoms with E-state index in [9.17, 15) is 14.4 Å². The maximum atomic E-state index is 12.1. The van der Waals surface area contributed by atoms with Crippen LogP contribution >= 0.6 is 0 Å². The van der Waals surface area contributed by atoms with E-state index in [0.29, 0.717) is 12.0 Å². The summed E-state index contributed by atoms with van der Waals surface area (Å²) in [5, 5.41) is 14.0. The number of aliphatic carboxylic acids is 1. The van der Waals surface area contributed by atoms with Crippen molar-refractivity contribution in [3.05, 3.63) is 35.9 Å². The van der Waals surface area contributed by atoms with Gasteiger partial charge in [0, 0.05) is 7.11 Å². The van der Waals surface area contributed by atoms with Crippen molar-refractivity contribution in [3.63, 3.8) is 0 Å². The average molecular weight is 336 g/mol. The molecule has 0 aromatic heterocycles. The second-order valence-corrected chi connectivity index (χ2v) is 5.83. The Bertz CT molecular complexity index is 559. The highest BCUT2D eigenvalue weighted by atomic mass is 16.5. The van der Waals surface area contributed by atoms with Crippen LogP contribution in [-0.4, -0.2) is 42.6 Å². The largest absolute Gasteiger partial charge is 0.480 e. The minimum absolute atomic E-state index is 0.122. The van der Waals surface area contributed by atoms with Gasteiger partial charge in [0.05, 0.1) is 6.54 Å². The van der Waals surface area contributed by atoms with Crippen LogP contribution in [0.15, 0.2) is 30.3 Å². The number of carbonyl (C=O) groups excluding carboxylic acids is 2. The lowest BCUT2D eigenvalue weighted by Gasteiger charge is -2.18. The van der Waals surface area contributed by atoms with Gasteiger partial charge in [-0.25, -0.2) is 4.79 Å². The van der Waals surface area contributed by atoms with Gasteiger partial charge in [-0.3, -0.25) is 9.59 Å². The summed E-state index contributed by atoms with van der Waals surface area (Å²) in [7, 11) is 1.40. The van der Waals surface area contributed by atoms with E-state index < -0.39 is 29.9 Å². The van der Waals surface area contributed by atoms with Crippen LogP contribution in [0.5, 0.6) is 0 Å². The molecule has 7 nitrogen and oxygen atoms in total. The first-order chi connectivity index (χ1) is 11.3. The van der Waals surface area contributed by atoms with Crippen LogP contribution < -0.4 is 10.6 Å². The van der Waals surface area contributed by atoms with E-state index in [1.165, 1.54) is 7.11 Å². The number of amides is 2. The lowest BCUT2D eigenvalue weighted by atomic mass is 10.0. The van der Waals surface area contributed by atoms with Gasteiger partial charge in [0.15, 0.2) is 6.10 Å². The topological polar surface area (TPSA) is 105 Å². The Balaban J connectivity index is 2.56. The summed E-state index contributed by atoms with van der Waals surface area (Å²) >= 11 is 0. The minimum Gasteiger partial charge on any atom is -0.480 e. The fourth-order valence-corrected chi connectivity index (χ4v) is 2.22. The number of carboxylic acid groups (broad SMARTS) is 1. The molecular formula is C17H24N2O5. The predicted octanol–water partition coefficient (Wildman–Crippen LogP) is 1.11. The average Bonchev–Trinajstić information content (AvgIpc) is 2.53. The Hall–Kier alpha value is -2.41. The van der Waals surface area contributed by atoms with Crippen LogP contribution in [0, 0.1) is 5.92 Å². The van der Waals surface area contributed by atoms with Gasteiger partial charge in [0.25, 0.3) is 5.91 Å². The third-order valence-electron chi connectivity index (χ3n) is 3.34. The molecule has 0 aliphatic carbocycles. The van der Waals surface area contributed by atoms with Crippen LogP contribution in [0.2, 0.25) is 0 Å².